The van der Waals surface area contributed by atoms with Crippen molar-refractivity contribution in [3.63, 3.8) is 0 Å². The number of hydrogen-bond acceptors (Lipinski definition) is 16. The molecule has 0 radical (unpaired) electrons. The quantitative estimate of drug-likeness (QED) is 0.0234. The SMILES string of the molecule is COc1ccc2sc(/C(C#N)=c3/c4c(-c5ccc(OC(CCCC(=O)NSC(F)(F)F)c6ncc[nH]6)cc5)n(B(c5ccccc5)c5ccccc5)/c(=C(/C#N)c5nc6cc(OC)ccc6s5)c4c(-c4ccc(OCC(CCC(=O)[N-]S(=O)(=O)C(F)(F)F)c5c[nH]c[nH+]5)cc4)n3B(c3ccccc3)c3ccccc3)nc2c1. The minimum absolute atomic E-state index is 0.109. The van der Waals surface area contributed by atoms with Gasteiger partial charge in [-0.05, 0) is 110 Å². The lowest BCUT2D eigenvalue weighted by Gasteiger charge is -2.24. The fourth-order valence-electron chi connectivity index (χ4n) is 13.7. The van der Waals surface area contributed by atoms with Crippen molar-refractivity contribution >= 4 is 134 Å². The summed E-state index contributed by atoms with van der Waals surface area (Å²) < 4.78 is 139. The number of nitrogens with zero attached hydrogens (tertiary/aromatic N) is 8. The standard InChI is InChI=1S/C80H62B2F6N12O8S4/c1-105-58-35-37-66-62(42-58)95-77(109-66)60(44-89)74-70-71(73(100(74)82(54-20-11-5-12-21-54)55-22-13-6-14-23-55)50-28-33-57(34-29-50)108-65(76-92-40-41-93-76)24-15-25-68(101)97-111-79(83,84)85)75(61(45-90)78-96-63-43-59(106-2)36-38-67(63)110-78)99(81(52-16-7-3-8-17-52)53-18-9-4-10-19-53)72(70)49-26-31-56(32-27-49)107-47-51(64-46-91-48-94-64)30-39-69(102)98-112(103,104)80(86,87)88/h3-14,16-23,26-29,31-38,40-43,46,48,51,65H,15,24-25,30,39,47H2,1-2H3,(H4,91,92,93,94,97,98,101,102)/b74-60-,75-61-. The number of methoxy groups -OCH3 is 2. The molecule has 562 valence electrons. The van der Waals surface area contributed by atoms with Gasteiger partial charge in [-0.3, -0.25) is 14.5 Å². The number of imidazole rings is 2. The van der Waals surface area contributed by atoms with E-state index in [1.54, 1.807) is 63.0 Å². The molecule has 2 amide bonds. The van der Waals surface area contributed by atoms with Crippen molar-refractivity contribution in [1.29, 1.82) is 10.5 Å². The van der Waals surface area contributed by atoms with Crippen LogP contribution in [0.15, 0.2) is 231 Å². The fourth-order valence-corrected chi connectivity index (χ4v) is 16.3. The predicted molar refractivity (Wildman–Crippen MR) is 421 cm³/mol. The molecule has 14 rings (SSSR count). The molecule has 0 saturated carbocycles. The first kappa shape index (κ1) is 76.4. The van der Waals surface area contributed by atoms with Crippen molar-refractivity contribution in [3.05, 3.63) is 268 Å². The molecule has 20 nitrogen and oxygen atoms in total. The first-order chi connectivity index (χ1) is 54.2. The Balaban J connectivity index is 1.10. The molecule has 0 aliphatic carbocycles. The van der Waals surface area contributed by atoms with Gasteiger partial charge in [-0.15, -0.1) is 22.7 Å². The van der Waals surface area contributed by atoms with Crippen LogP contribution in [0.1, 0.15) is 65.7 Å². The molecule has 2 unspecified atom stereocenters. The predicted octanol–water partition coefficient (Wildman–Crippen LogP) is 12.9. The Labute approximate surface area is 649 Å². The summed E-state index contributed by atoms with van der Waals surface area (Å²) in [6.07, 6.45) is 4.50. The van der Waals surface area contributed by atoms with Gasteiger partial charge in [-0.2, -0.15) is 36.9 Å². The monoisotopic (exact) mass is 1580 g/mol. The Morgan fingerprint density at radius 1 is 0.643 bits per heavy atom. The number of alkyl halides is 6. The third-order valence-electron chi connectivity index (χ3n) is 18.6. The van der Waals surface area contributed by atoms with Gasteiger partial charge < -0.3 is 42.4 Å². The van der Waals surface area contributed by atoms with Gasteiger partial charge in [0.2, 0.25) is 12.2 Å². The highest BCUT2D eigenvalue weighted by atomic mass is 32.2. The number of thiazole rings is 2. The van der Waals surface area contributed by atoms with Crippen LogP contribution in [0, 0.1) is 22.7 Å². The summed E-state index contributed by atoms with van der Waals surface area (Å²) in [6, 6.07) is 69.9. The van der Waals surface area contributed by atoms with Crippen LogP contribution in [0.3, 0.4) is 0 Å². The molecule has 112 heavy (non-hydrogen) atoms. The van der Waals surface area contributed by atoms with Crippen molar-refractivity contribution in [2.45, 2.75) is 55.1 Å². The number of fused-ring (bicyclic) bond motifs is 3. The summed E-state index contributed by atoms with van der Waals surface area (Å²) in [4.78, 5) is 49.7. The largest absolute Gasteiger partial charge is 0.538 e. The minimum atomic E-state index is -6.12. The number of ether oxygens (including phenoxy) is 4. The Hall–Kier alpha value is -12.4. The zero-order valence-electron chi connectivity index (χ0n) is 59.2. The number of benzene rings is 8. The van der Waals surface area contributed by atoms with E-state index in [-0.39, 0.29) is 49.2 Å². The first-order valence-corrected chi connectivity index (χ1v) is 38.7. The maximum absolute atomic E-state index is 13.4. The summed E-state index contributed by atoms with van der Waals surface area (Å²) >= 11 is 1.96. The Kier molecular flexibility index (Phi) is 22.6. The van der Waals surface area contributed by atoms with Gasteiger partial charge in [0.25, 0.3) is 0 Å². The number of rotatable bonds is 28. The summed E-state index contributed by atoms with van der Waals surface area (Å²) in [5.41, 5.74) is -3.50. The van der Waals surface area contributed by atoms with Crippen LogP contribution in [0.2, 0.25) is 0 Å². The molecule has 14 aromatic rings. The average molecular weight is 1580 g/mol. The lowest BCUT2D eigenvalue weighted by molar-refractivity contribution is -0.391. The second-order valence-corrected chi connectivity index (χ2v) is 30.1. The van der Waals surface area contributed by atoms with E-state index in [0.29, 0.717) is 93.8 Å². The van der Waals surface area contributed by atoms with Crippen molar-refractivity contribution < 1.29 is 68.3 Å². The Morgan fingerprint density at radius 3 is 1.54 bits per heavy atom. The molecular formula is C80H62B2F6N12O8S4. The lowest BCUT2D eigenvalue weighted by atomic mass is 9.50. The van der Waals surface area contributed by atoms with Gasteiger partial charge in [0, 0.05) is 53.1 Å². The highest BCUT2D eigenvalue weighted by molar-refractivity contribution is 7.98. The van der Waals surface area contributed by atoms with E-state index in [2.05, 4.69) is 45.8 Å². The zero-order valence-corrected chi connectivity index (χ0v) is 62.5. The van der Waals surface area contributed by atoms with E-state index in [1.807, 2.05) is 175 Å². The second kappa shape index (κ2) is 33.1. The number of hydrogen-bond donors (Lipinski definition) is 3. The minimum Gasteiger partial charge on any atom is -0.538 e. The van der Waals surface area contributed by atoms with Gasteiger partial charge in [0.15, 0.2) is 16.1 Å². The number of nitriles is 2. The van der Waals surface area contributed by atoms with Crippen LogP contribution in [-0.2, 0) is 19.6 Å². The van der Waals surface area contributed by atoms with Gasteiger partial charge in [0.1, 0.15) is 74.0 Å². The number of carbonyl (C=O) groups excluding carboxylic acids is 2. The van der Waals surface area contributed by atoms with Crippen LogP contribution in [0.4, 0.5) is 26.3 Å². The maximum atomic E-state index is 13.4. The molecule has 0 aliphatic rings. The maximum Gasteiger partial charge on any atom is 0.483 e. The third-order valence-corrected chi connectivity index (χ3v) is 22.3. The third kappa shape index (κ3) is 16.4. The number of carbonyl (C=O) groups is 2. The van der Waals surface area contributed by atoms with Crippen LogP contribution < -0.4 is 61.2 Å². The summed E-state index contributed by atoms with van der Waals surface area (Å²) in [5, 5.41) is 27.6. The summed E-state index contributed by atoms with van der Waals surface area (Å²) in [6.45, 7) is -1.83. The van der Waals surface area contributed by atoms with E-state index < -0.39 is 76.9 Å². The highest BCUT2D eigenvalue weighted by Crippen LogP contribution is 2.41. The van der Waals surface area contributed by atoms with Crippen molar-refractivity contribution in [2.75, 3.05) is 20.8 Å². The molecule has 0 saturated heterocycles. The number of aromatic nitrogens is 8. The van der Waals surface area contributed by atoms with Gasteiger partial charge in [-0.1, -0.05) is 143 Å². The Morgan fingerprint density at radius 2 is 1.12 bits per heavy atom. The second-order valence-electron chi connectivity index (χ2n) is 25.6. The van der Waals surface area contributed by atoms with Gasteiger partial charge >= 0.3 is 24.7 Å². The number of aromatic amines is 3. The highest BCUT2D eigenvalue weighted by Gasteiger charge is 2.41. The van der Waals surface area contributed by atoms with Gasteiger partial charge in [-0.25, -0.2) is 28.4 Å². The van der Waals surface area contributed by atoms with Crippen LogP contribution >= 0.6 is 34.6 Å². The van der Waals surface area contributed by atoms with Crippen molar-refractivity contribution in [2.24, 2.45) is 0 Å². The molecule has 8 aromatic carbocycles. The number of sulfonamides is 1. The van der Waals surface area contributed by atoms with E-state index in [1.165, 1.54) is 35.2 Å². The van der Waals surface area contributed by atoms with Crippen LogP contribution in [0.25, 0.3) is 69.6 Å². The van der Waals surface area contributed by atoms with E-state index in [9.17, 15) is 54.9 Å². The fraction of sp³-hybridized carbons (Fsp3) is 0.150. The van der Waals surface area contributed by atoms with Gasteiger partial charge in [0.05, 0.1) is 75.7 Å². The van der Waals surface area contributed by atoms with Crippen molar-refractivity contribution in [1.82, 2.24) is 38.6 Å². The van der Waals surface area contributed by atoms with E-state index >= 15 is 0 Å². The Bertz CT molecular complexity index is 5890. The van der Waals surface area contributed by atoms with Crippen LogP contribution in [0.5, 0.6) is 23.0 Å². The topological polar surface area (TPSA) is 273 Å². The molecule has 2 atom stereocenters. The number of H-pyrrole nitrogens is 3. The molecule has 0 spiro atoms. The van der Waals surface area contributed by atoms with E-state index in [0.717, 1.165) is 31.3 Å². The molecule has 0 aliphatic heterocycles. The zero-order chi connectivity index (χ0) is 78.3. The number of halogens is 6. The molecule has 32 heteroatoms. The molecule has 6 heterocycles. The number of amides is 2. The summed E-state index contributed by atoms with van der Waals surface area (Å²) in [5.74, 6) is -0.997. The van der Waals surface area contributed by atoms with E-state index in [4.69, 9.17) is 28.9 Å². The summed E-state index contributed by atoms with van der Waals surface area (Å²) in [7, 11) is -3.01. The van der Waals surface area contributed by atoms with Crippen LogP contribution in [-0.4, -0.2) is 99.6 Å². The molecule has 0 bridgehead atoms. The lowest BCUT2D eigenvalue weighted by Crippen LogP contribution is -2.54. The molecule has 6 aromatic heterocycles. The molecule has 4 N–H and O–H groups in total. The molecular weight excluding hydrogens is 1520 g/mol. The molecule has 0 fully saturated rings. The average Bonchev–Trinajstić information content (AvgIpc) is 1.52. The smallest absolute Gasteiger partial charge is 0.483 e. The first-order valence-electron chi connectivity index (χ1n) is 34.8. The van der Waals surface area contributed by atoms with Crippen molar-refractivity contribution in [3.8, 4) is 57.7 Å². The number of nitrogens with one attached hydrogen (secondary N) is 4. The normalized spacial score (nSPS) is 12.9.